The zero-order chi connectivity index (χ0) is 10.3. The van der Waals surface area contributed by atoms with Crippen molar-refractivity contribution >= 4 is 33.9 Å². The molecule has 0 saturated heterocycles. The van der Waals surface area contributed by atoms with Crippen molar-refractivity contribution in [1.29, 1.82) is 0 Å². The highest BCUT2D eigenvalue weighted by atomic mass is 35.5. The molecule has 2 aromatic rings. The van der Waals surface area contributed by atoms with Gasteiger partial charge in [0.1, 0.15) is 5.82 Å². The fourth-order valence-electron chi connectivity index (χ4n) is 1.26. The van der Waals surface area contributed by atoms with Crippen LogP contribution in [0.4, 0.5) is 15.8 Å². The number of halogens is 2. The number of rotatable bonds is 0. The third-order valence-electron chi connectivity index (χ3n) is 1.96. The van der Waals surface area contributed by atoms with Crippen molar-refractivity contribution in [3.05, 3.63) is 29.2 Å². The molecule has 1 aromatic heterocycles. The number of benzene rings is 1. The first-order valence-electron chi connectivity index (χ1n) is 3.88. The fraction of sp³-hybridized carbons (Fsp3) is 0. The van der Waals surface area contributed by atoms with Gasteiger partial charge in [-0.15, -0.1) is 0 Å². The zero-order valence-electron chi connectivity index (χ0n) is 7.09. The lowest BCUT2D eigenvalue weighted by molar-refractivity contribution is 0.630. The molecule has 0 bridgehead atoms. The van der Waals surface area contributed by atoms with Crippen LogP contribution in [-0.2, 0) is 0 Å². The minimum Gasteiger partial charge on any atom is -0.396 e. The van der Waals surface area contributed by atoms with Gasteiger partial charge in [-0.25, -0.2) is 4.39 Å². The van der Waals surface area contributed by atoms with Crippen LogP contribution in [0.15, 0.2) is 18.3 Å². The van der Waals surface area contributed by atoms with Crippen LogP contribution in [0.1, 0.15) is 0 Å². The normalized spacial score (nSPS) is 10.7. The maximum absolute atomic E-state index is 13.0. The molecule has 4 N–H and O–H groups in total. The van der Waals surface area contributed by atoms with E-state index in [9.17, 15) is 4.39 Å². The highest BCUT2D eigenvalue weighted by Crippen LogP contribution is 2.30. The Bertz CT molecular complexity index is 513. The predicted molar refractivity (Wildman–Crippen MR) is 55.5 cm³/mol. The largest absolute Gasteiger partial charge is 0.396 e. The molecule has 0 aliphatic rings. The van der Waals surface area contributed by atoms with Gasteiger partial charge in [-0.05, 0) is 12.1 Å². The summed E-state index contributed by atoms with van der Waals surface area (Å²) >= 11 is 5.79. The number of aromatic nitrogens is 1. The summed E-state index contributed by atoms with van der Waals surface area (Å²) < 4.78 is 13.0. The second kappa shape index (κ2) is 2.99. The third kappa shape index (κ3) is 1.24. The van der Waals surface area contributed by atoms with Crippen molar-refractivity contribution < 1.29 is 4.39 Å². The zero-order valence-corrected chi connectivity index (χ0v) is 7.85. The number of nitrogens with zero attached hydrogens (tertiary/aromatic N) is 1. The number of anilines is 2. The number of hydrogen-bond acceptors (Lipinski definition) is 3. The maximum Gasteiger partial charge on any atom is 0.125 e. The van der Waals surface area contributed by atoms with E-state index in [1.807, 2.05) is 0 Å². The Kier molecular flexibility index (Phi) is 1.93. The molecule has 0 fully saturated rings. The maximum atomic E-state index is 13.0. The van der Waals surface area contributed by atoms with Gasteiger partial charge in [-0.2, -0.15) is 0 Å². The second-order valence-electron chi connectivity index (χ2n) is 2.91. The van der Waals surface area contributed by atoms with Crippen LogP contribution < -0.4 is 11.5 Å². The Balaban J connectivity index is 2.95. The molecule has 0 saturated carbocycles. The lowest BCUT2D eigenvalue weighted by Crippen LogP contribution is -1.97. The highest BCUT2D eigenvalue weighted by molar-refractivity contribution is 6.35. The number of pyridine rings is 1. The van der Waals surface area contributed by atoms with Crippen molar-refractivity contribution in [2.75, 3.05) is 11.5 Å². The van der Waals surface area contributed by atoms with Crippen molar-refractivity contribution in [1.82, 2.24) is 4.98 Å². The van der Waals surface area contributed by atoms with Crippen LogP contribution in [0.5, 0.6) is 0 Å². The van der Waals surface area contributed by atoms with E-state index < -0.39 is 5.82 Å². The fourth-order valence-corrected chi connectivity index (χ4v) is 1.52. The SMILES string of the molecule is Nc1cnc2c(Cl)cc(F)cc2c1N. The molecule has 3 nitrogen and oxygen atoms in total. The van der Waals surface area contributed by atoms with Crippen LogP contribution in [0.25, 0.3) is 10.9 Å². The lowest BCUT2D eigenvalue weighted by Gasteiger charge is -2.05. The molecule has 72 valence electrons. The van der Waals surface area contributed by atoms with Crippen LogP contribution in [0.2, 0.25) is 5.02 Å². The van der Waals surface area contributed by atoms with Gasteiger partial charge >= 0.3 is 0 Å². The van der Waals surface area contributed by atoms with E-state index in [2.05, 4.69) is 4.98 Å². The molecule has 5 heteroatoms. The van der Waals surface area contributed by atoms with Crippen molar-refractivity contribution in [3.8, 4) is 0 Å². The average Bonchev–Trinajstić information content (AvgIpc) is 2.12. The molecular formula is C9H7ClFN3. The van der Waals surface area contributed by atoms with Gasteiger partial charge in [-0.3, -0.25) is 4.98 Å². The van der Waals surface area contributed by atoms with Crippen molar-refractivity contribution in [3.63, 3.8) is 0 Å². The van der Waals surface area contributed by atoms with Crippen molar-refractivity contribution in [2.24, 2.45) is 0 Å². The Hall–Kier alpha value is -1.55. The quantitative estimate of drug-likeness (QED) is 0.702. The van der Waals surface area contributed by atoms with Crippen LogP contribution in [0.3, 0.4) is 0 Å². The van der Waals surface area contributed by atoms with Gasteiger partial charge < -0.3 is 11.5 Å². The van der Waals surface area contributed by atoms with Gasteiger partial charge in [0.25, 0.3) is 0 Å². The second-order valence-corrected chi connectivity index (χ2v) is 3.32. The molecule has 2 rings (SSSR count). The van der Waals surface area contributed by atoms with E-state index in [1.165, 1.54) is 18.3 Å². The standard InChI is InChI=1S/C9H7ClFN3/c10-6-2-4(11)1-5-8(13)7(12)3-14-9(5)6/h1-3H,12H2,(H2,13,14). The monoisotopic (exact) mass is 211 g/mol. The van der Waals surface area contributed by atoms with E-state index >= 15 is 0 Å². The Morgan fingerprint density at radius 2 is 2.00 bits per heavy atom. The molecule has 1 aromatic carbocycles. The molecule has 0 radical (unpaired) electrons. The summed E-state index contributed by atoms with van der Waals surface area (Å²) in [6.07, 6.45) is 1.40. The van der Waals surface area contributed by atoms with Gasteiger partial charge in [0, 0.05) is 5.39 Å². The highest BCUT2D eigenvalue weighted by Gasteiger charge is 2.08. The van der Waals surface area contributed by atoms with E-state index in [4.69, 9.17) is 23.1 Å². The Morgan fingerprint density at radius 1 is 1.29 bits per heavy atom. The van der Waals surface area contributed by atoms with Gasteiger partial charge in [-0.1, -0.05) is 11.6 Å². The summed E-state index contributed by atoms with van der Waals surface area (Å²) in [6, 6.07) is 2.45. The Labute approximate surface area is 84.5 Å². The van der Waals surface area contributed by atoms with Gasteiger partial charge in [0.05, 0.1) is 28.1 Å². The summed E-state index contributed by atoms with van der Waals surface area (Å²) in [6.45, 7) is 0. The summed E-state index contributed by atoms with van der Waals surface area (Å²) in [7, 11) is 0. The van der Waals surface area contributed by atoms with Crippen LogP contribution in [0, 0.1) is 5.82 Å². The van der Waals surface area contributed by atoms with Crippen molar-refractivity contribution in [2.45, 2.75) is 0 Å². The van der Waals surface area contributed by atoms with E-state index in [-0.39, 0.29) is 5.02 Å². The average molecular weight is 212 g/mol. The summed E-state index contributed by atoms with van der Waals surface area (Å²) in [5.74, 6) is -0.457. The lowest BCUT2D eigenvalue weighted by atomic mass is 10.1. The minimum atomic E-state index is -0.457. The summed E-state index contributed by atoms with van der Waals surface area (Å²) in [5.41, 5.74) is 12.3. The molecular weight excluding hydrogens is 205 g/mol. The molecule has 0 atom stereocenters. The third-order valence-corrected chi connectivity index (χ3v) is 2.25. The van der Waals surface area contributed by atoms with E-state index in [0.29, 0.717) is 22.3 Å². The number of fused-ring (bicyclic) bond motifs is 1. The molecule has 14 heavy (non-hydrogen) atoms. The number of nitrogen functional groups attached to an aromatic ring is 2. The summed E-state index contributed by atoms with van der Waals surface area (Å²) in [5, 5.41) is 0.668. The molecule has 1 heterocycles. The number of hydrogen-bond donors (Lipinski definition) is 2. The minimum absolute atomic E-state index is 0.228. The Morgan fingerprint density at radius 3 is 2.71 bits per heavy atom. The number of nitrogens with two attached hydrogens (primary N) is 2. The molecule has 0 aliphatic carbocycles. The first kappa shape index (κ1) is 9.02. The first-order valence-corrected chi connectivity index (χ1v) is 4.26. The molecule has 0 unspecified atom stereocenters. The van der Waals surface area contributed by atoms with Gasteiger partial charge in [0.2, 0.25) is 0 Å². The summed E-state index contributed by atoms with van der Waals surface area (Å²) in [4.78, 5) is 3.98. The molecule has 0 aliphatic heterocycles. The van der Waals surface area contributed by atoms with E-state index in [0.717, 1.165) is 0 Å². The topological polar surface area (TPSA) is 64.9 Å². The van der Waals surface area contributed by atoms with Gasteiger partial charge in [0.15, 0.2) is 0 Å². The van der Waals surface area contributed by atoms with E-state index in [1.54, 1.807) is 0 Å². The van der Waals surface area contributed by atoms with Crippen LogP contribution >= 0.6 is 11.6 Å². The predicted octanol–water partition coefficient (Wildman–Crippen LogP) is 2.19. The molecule has 0 spiro atoms. The van der Waals surface area contributed by atoms with Crippen LogP contribution in [-0.4, -0.2) is 4.98 Å². The molecule has 0 amide bonds. The smallest absolute Gasteiger partial charge is 0.125 e. The first-order chi connectivity index (χ1) is 6.59.